The summed E-state index contributed by atoms with van der Waals surface area (Å²) in [7, 11) is 0. The lowest BCUT2D eigenvalue weighted by Gasteiger charge is -2.06. The topological polar surface area (TPSA) is 84.0 Å². The lowest BCUT2D eigenvalue weighted by molar-refractivity contribution is 0.0954. The van der Waals surface area contributed by atoms with Gasteiger partial charge in [-0.15, -0.1) is 10.2 Å². The normalized spacial score (nSPS) is 10.1. The van der Waals surface area contributed by atoms with Crippen molar-refractivity contribution in [1.29, 1.82) is 0 Å². The van der Waals surface area contributed by atoms with Gasteiger partial charge in [0.05, 0.1) is 0 Å². The fourth-order valence-corrected chi connectivity index (χ4v) is 2.21. The summed E-state index contributed by atoms with van der Waals surface area (Å²) in [6, 6.07) is 6.63. The number of anilines is 1. The number of nitrogens with one attached hydrogen (secondary N) is 2. The van der Waals surface area contributed by atoms with Crippen LogP contribution in [0.1, 0.15) is 27.1 Å². The number of nitrogens with zero attached hydrogens (tertiary/aromatic N) is 2. The summed E-state index contributed by atoms with van der Waals surface area (Å²) in [6.45, 7) is 2.38. The van der Waals surface area contributed by atoms with Gasteiger partial charge in [0.1, 0.15) is 0 Å². The summed E-state index contributed by atoms with van der Waals surface area (Å²) in [6.07, 6.45) is 0. The Hall–Kier alpha value is -1.99. The third-order valence-electron chi connectivity index (χ3n) is 2.31. The van der Waals surface area contributed by atoms with Crippen molar-refractivity contribution in [3.05, 3.63) is 39.3 Å². The fraction of sp³-hybridized carbons (Fsp3) is 0.167. The standard InChI is InChI=1S/C12H11ClN4O2S/c1-2-14-9(18)7-4-3-5-8(6-7)15-10(19)11-16-17-12(13)20-11/h3-6H,2H2,1H3,(H,14,18)(H,15,19). The molecule has 0 aliphatic heterocycles. The zero-order valence-electron chi connectivity index (χ0n) is 10.5. The monoisotopic (exact) mass is 310 g/mol. The number of carbonyl (C=O) groups excluding carboxylic acids is 2. The van der Waals surface area contributed by atoms with Crippen molar-refractivity contribution in [2.75, 3.05) is 11.9 Å². The maximum atomic E-state index is 11.9. The van der Waals surface area contributed by atoms with E-state index < -0.39 is 5.91 Å². The Kier molecular flexibility index (Phi) is 4.65. The summed E-state index contributed by atoms with van der Waals surface area (Å²) in [5.74, 6) is -0.606. The van der Waals surface area contributed by atoms with Crippen molar-refractivity contribution in [1.82, 2.24) is 15.5 Å². The van der Waals surface area contributed by atoms with Crippen LogP contribution in [-0.2, 0) is 0 Å². The van der Waals surface area contributed by atoms with Crippen LogP contribution in [-0.4, -0.2) is 28.6 Å². The first-order chi connectivity index (χ1) is 9.60. The Morgan fingerprint density at radius 1 is 1.30 bits per heavy atom. The highest BCUT2D eigenvalue weighted by atomic mass is 35.5. The van der Waals surface area contributed by atoms with E-state index in [1.807, 2.05) is 6.92 Å². The molecule has 6 nitrogen and oxygen atoms in total. The molecule has 0 radical (unpaired) electrons. The number of aromatic nitrogens is 2. The smallest absolute Gasteiger partial charge is 0.286 e. The van der Waals surface area contributed by atoms with E-state index in [0.717, 1.165) is 11.3 Å². The second-order valence-electron chi connectivity index (χ2n) is 3.75. The van der Waals surface area contributed by atoms with Crippen LogP contribution in [0, 0.1) is 0 Å². The minimum absolute atomic E-state index is 0.165. The SMILES string of the molecule is CCNC(=O)c1cccc(NC(=O)c2nnc(Cl)s2)c1. The van der Waals surface area contributed by atoms with E-state index in [9.17, 15) is 9.59 Å². The summed E-state index contributed by atoms with van der Waals surface area (Å²) >= 11 is 6.61. The highest BCUT2D eigenvalue weighted by molar-refractivity contribution is 7.17. The minimum atomic E-state index is -0.414. The first-order valence-corrected chi connectivity index (χ1v) is 6.98. The molecular formula is C12H11ClN4O2S. The lowest BCUT2D eigenvalue weighted by Crippen LogP contribution is -2.22. The lowest BCUT2D eigenvalue weighted by atomic mass is 10.2. The van der Waals surface area contributed by atoms with Gasteiger partial charge in [0, 0.05) is 17.8 Å². The Morgan fingerprint density at radius 3 is 2.75 bits per heavy atom. The van der Waals surface area contributed by atoms with E-state index in [0.29, 0.717) is 17.8 Å². The molecule has 8 heteroatoms. The van der Waals surface area contributed by atoms with Crippen LogP contribution in [0.25, 0.3) is 0 Å². The van der Waals surface area contributed by atoms with E-state index in [1.54, 1.807) is 24.3 Å². The third kappa shape index (κ3) is 3.52. The third-order valence-corrected chi connectivity index (χ3v) is 3.33. The molecule has 0 fully saturated rings. The summed E-state index contributed by atoms with van der Waals surface area (Å²) in [5, 5.41) is 12.7. The molecule has 104 valence electrons. The molecule has 0 bridgehead atoms. The van der Waals surface area contributed by atoms with E-state index in [-0.39, 0.29) is 15.4 Å². The molecule has 2 rings (SSSR count). The molecule has 2 aromatic rings. The molecule has 1 heterocycles. The van der Waals surface area contributed by atoms with Crippen molar-refractivity contribution in [2.24, 2.45) is 0 Å². The first kappa shape index (κ1) is 14.4. The van der Waals surface area contributed by atoms with Gasteiger partial charge in [0.2, 0.25) is 9.47 Å². The van der Waals surface area contributed by atoms with E-state index in [1.165, 1.54) is 0 Å². The number of hydrogen-bond donors (Lipinski definition) is 2. The predicted octanol–water partition coefficient (Wildman–Crippen LogP) is 2.19. The second kappa shape index (κ2) is 6.44. The first-order valence-electron chi connectivity index (χ1n) is 5.78. The molecule has 2 N–H and O–H groups in total. The van der Waals surface area contributed by atoms with Crippen molar-refractivity contribution in [3.63, 3.8) is 0 Å². The summed E-state index contributed by atoms with van der Waals surface area (Å²) < 4.78 is 0.200. The van der Waals surface area contributed by atoms with Crippen LogP contribution < -0.4 is 10.6 Å². The number of benzene rings is 1. The molecule has 1 aromatic heterocycles. The van der Waals surface area contributed by atoms with Gasteiger partial charge < -0.3 is 10.6 Å². The number of hydrogen-bond acceptors (Lipinski definition) is 5. The van der Waals surface area contributed by atoms with Gasteiger partial charge in [-0.05, 0) is 36.7 Å². The minimum Gasteiger partial charge on any atom is -0.352 e. The zero-order chi connectivity index (χ0) is 14.5. The molecule has 0 atom stereocenters. The van der Waals surface area contributed by atoms with Crippen LogP contribution in [0.5, 0.6) is 0 Å². The average Bonchev–Trinajstić information content (AvgIpc) is 2.86. The Bertz CT molecular complexity index is 644. The van der Waals surface area contributed by atoms with Gasteiger partial charge in [0.15, 0.2) is 0 Å². The predicted molar refractivity (Wildman–Crippen MR) is 77.3 cm³/mol. The van der Waals surface area contributed by atoms with Gasteiger partial charge in [-0.1, -0.05) is 17.4 Å². The van der Waals surface area contributed by atoms with Crippen LogP contribution in [0.2, 0.25) is 4.47 Å². The molecule has 0 aliphatic rings. The Balaban J connectivity index is 2.12. The molecule has 20 heavy (non-hydrogen) atoms. The Labute approximate surface area is 124 Å². The van der Waals surface area contributed by atoms with Crippen molar-refractivity contribution >= 4 is 40.4 Å². The molecule has 0 spiro atoms. The molecule has 0 saturated heterocycles. The molecule has 1 aromatic carbocycles. The van der Waals surface area contributed by atoms with Crippen LogP contribution >= 0.6 is 22.9 Å². The van der Waals surface area contributed by atoms with Gasteiger partial charge in [-0.3, -0.25) is 9.59 Å². The van der Waals surface area contributed by atoms with Gasteiger partial charge in [-0.25, -0.2) is 0 Å². The van der Waals surface area contributed by atoms with Crippen molar-refractivity contribution in [2.45, 2.75) is 6.92 Å². The number of carbonyl (C=O) groups is 2. The van der Waals surface area contributed by atoms with Crippen LogP contribution in [0.15, 0.2) is 24.3 Å². The quantitative estimate of drug-likeness (QED) is 0.906. The van der Waals surface area contributed by atoms with Gasteiger partial charge in [0.25, 0.3) is 11.8 Å². The second-order valence-corrected chi connectivity index (χ2v) is 5.31. The largest absolute Gasteiger partial charge is 0.352 e. The molecule has 2 amide bonds. The molecular weight excluding hydrogens is 300 g/mol. The van der Waals surface area contributed by atoms with E-state index in [2.05, 4.69) is 20.8 Å². The zero-order valence-corrected chi connectivity index (χ0v) is 12.1. The molecule has 0 aliphatic carbocycles. The summed E-state index contributed by atoms with van der Waals surface area (Å²) in [4.78, 5) is 23.6. The van der Waals surface area contributed by atoms with E-state index >= 15 is 0 Å². The Morgan fingerprint density at radius 2 is 2.10 bits per heavy atom. The van der Waals surface area contributed by atoms with Crippen molar-refractivity contribution in [3.8, 4) is 0 Å². The van der Waals surface area contributed by atoms with E-state index in [4.69, 9.17) is 11.6 Å². The fourth-order valence-electron chi connectivity index (χ4n) is 1.48. The van der Waals surface area contributed by atoms with Crippen molar-refractivity contribution < 1.29 is 9.59 Å². The number of rotatable bonds is 4. The van der Waals surface area contributed by atoms with Gasteiger partial charge in [-0.2, -0.15) is 0 Å². The van der Waals surface area contributed by atoms with Gasteiger partial charge >= 0.3 is 0 Å². The maximum absolute atomic E-state index is 11.9. The number of halogens is 1. The molecule has 0 unspecified atom stereocenters. The maximum Gasteiger partial charge on any atom is 0.286 e. The van der Waals surface area contributed by atoms with Crippen LogP contribution in [0.3, 0.4) is 0 Å². The summed E-state index contributed by atoms with van der Waals surface area (Å²) in [5.41, 5.74) is 0.977. The van der Waals surface area contributed by atoms with Crippen LogP contribution in [0.4, 0.5) is 5.69 Å². The molecule has 0 saturated carbocycles. The highest BCUT2D eigenvalue weighted by Gasteiger charge is 2.13. The number of amides is 2. The average molecular weight is 311 g/mol. The highest BCUT2D eigenvalue weighted by Crippen LogP contribution is 2.17.